The Balaban J connectivity index is 1.10. The average Bonchev–Trinajstić information content (AvgIpc) is 3.72. The van der Waals surface area contributed by atoms with Crippen molar-refractivity contribution in [3.05, 3.63) is 61.2 Å². The Hall–Kier alpha value is -2.89. The first-order valence-corrected chi connectivity index (χ1v) is 15.2. The Bertz CT molecular complexity index is 1480. The van der Waals surface area contributed by atoms with Crippen LogP contribution in [0.25, 0.3) is 0 Å². The molecule has 38 heavy (non-hydrogen) atoms. The number of thioether (sulfide) groups is 1. The van der Waals surface area contributed by atoms with Crippen molar-refractivity contribution in [2.75, 3.05) is 19.0 Å². The van der Waals surface area contributed by atoms with Gasteiger partial charge in [0.25, 0.3) is 0 Å². The van der Waals surface area contributed by atoms with Crippen LogP contribution in [0.15, 0.2) is 51.6 Å². The molecule has 4 heterocycles. The lowest BCUT2D eigenvalue weighted by Gasteiger charge is -2.42. The number of carbonyl (C=O) groups is 3. The number of likely N-dealkylation sites (tertiary alicyclic amines) is 1. The van der Waals surface area contributed by atoms with Gasteiger partial charge in [-0.3, -0.25) is 24.1 Å². The molecule has 2 aromatic heterocycles. The van der Waals surface area contributed by atoms with Crippen molar-refractivity contribution >= 4 is 57.8 Å². The van der Waals surface area contributed by atoms with Crippen LogP contribution in [0.4, 0.5) is 5.69 Å². The molecule has 4 aliphatic rings. The zero-order valence-electron chi connectivity index (χ0n) is 20.4. The number of nitrogens with zero attached hydrogens (tertiary/aromatic N) is 1. The van der Waals surface area contributed by atoms with Gasteiger partial charge in [-0.25, -0.2) is 0 Å². The van der Waals surface area contributed by atoms with Crippen LogP contribution in [-0.4, -0.2) is 46.5 Å². The largest absolute Gasteiger partial charge is 0.497 e. The molecule has 8 nitrogen and oxygen atoms in total. The van der Waals surface area contributed by atoms with Crippen LogP contribution >= 0.6 is 34.4 Å². The fourth-order valence-corrected chi connectivity index (χ4v) is 11.0. The summed E-state index contributed by atoms with van der Waals surface area (Å²) < 4.78 is 5.14. The Morgan fingerprint density at radius 3 is 2.58 bits per heavy atom. The van der Waals surface area contributed by atoms with Gasteiger partial charge in [-0.15, -0.1) is 23.1 Å². The first-order chi connectivity index (χ1) is 18.4. The molecule has 1 saturated heterocycles. The lowest BCUT2D eigenvalue weighted by Crippen LogP contribution is -2.42. The third-order valence-corrected chi connectivity index (χ3v) is 12.1. The summed E-state index contributed by atoms with van der Waals surface area (Å²) in [6, 6.07) is 11.2. The van der Waals surface area contributed by atoms with Crippen LogP contribution in [0.1, 0.15) is 28.5 Å². The lowest BCUT2D eigenvalue weighted by atomic mass is 9.69. The smallest absolute Gasteiger partial charge is 0.305 e. The molecule has 0 radical (unpaired) electrons. The van der Waals surface area contributed by atoms with Crippen LogP contribution in [0, 0.1) is 29.6 Å². The van der Waals surface area contributed by atoms with E-state index in [1.54, 1.807) is 54.5 Å². The van der Waals surface area contributed by atoms with E-state index in [0.29, 0.717) is 11.4 Å². The second-order valence-electron chi connectivity index (χ2n) is 10.3. The molecule has 0 spiro atoms. The van der Waals surface area contributed by atoms with Crippen molar-refractivity contribution < 1.29 is 19.1 Å². The summed E-state index contributed by atoms with van der Waals surface area (Å²) in [5.74, 6) is -0.0248. The second-order valence-corrected chi connectivity index (χ2v) is 13.5. The van der Waals surface area contributed by atoms with Crippen LogP contribution in [0.5, 0.6) is 5.75 Å². The van der Waals surface area contributed by atoms with Crippen molar-refractivity contribution in [1.82, 2.24) is 9.88 Å². The normalized spacial score (nSPS) is 30.8. The van der Waals surface area contributed by atoms with E-state index >= 15 is 0 Å². The van der Waals surface area contributed by atoms with E-state index in [1.807, 2.05) is 6.07 Å². The number of rotatable bonds is 6. The molecule has 2 saturated carbocycles. The number of aromatic amines is 1. The summed E-state index contributed by atoms with van der Waals surface area (Å²) in [5.41, 5.74) is 0.635. The minimum absolute atomic E-state index is 0.0518. The third kappa shape index (κ3) is 3.62. The molecule has 7 atom stereocenters. The highest BCUT2D eigenvalue weighted by Gasteiger charge is 2.69. The van der Waals surface area contributed by atoms with E-state index in [9.17, 15) is 19.2 Å². The standard InChI is InChI=1S/C27H25N3O5S3/c1-35-13-6-4-12(5-7-13)28-17(31)8-9-30-25(32)19-14-11-15(20(19)26(30)33)22-18(14)21(16-3-2-10-36-16)23-24(37-22)29-27(34)38-23/h2-7,10,14-15,18-22H,8-9,11H2,1H3,(H,28,31)(H,29,34). The van der Waals surface area contributed by atoms with E-state index in [-0.39, 0.29) is 76.3 Å². The molecular formula is C27H25N3O5S3. The number of benzene rings is 1. The van der Waals surface area contributed by atoms with Gasteiger partial charge in [0.05, 0.1) is 24.0 Å². The van der Waals surface area contributed by atoms with Gasteiger partial charge in [-0.2, -0.15) is 0 Å². The van der Waals surface area contributed by atoms with E-state index in [0.717, 1.165) is 16.3 Å². The molecular weight excluding hydrogens is 543 g/mol. The van der Waals surface area contributed by atoms with Crippen molar-refractivity contribution in [2.45, 2.75) is 29.0 Å². The van der Waals surface area contributed by atoms with E-state index in [1.165, 1.54) is 21.1 Å². The Morgan fingerprint density at radius 1 is 1.11 bits per heavy atom. The predicted molar refractivity (Wildman–Crippen MR) is 146 cm³/mol. The van der Waals surface area contributed by atoms with Crippen LogP contribution in [0.2, 0.25) is 0 Å². The van der Waals surface area contributed by atoms with Crippen LogP contribution < -0.4 is 14.9 Å². The molecule has 11 heteroatoms. The average molecular weight is 568 g/mol. The Kier molecular flexibility index (Phi) is 5.79. The maximum atomic E-state index is 13.6. The van der Waals surface area contributed by atoms with E-state index < -0.39 is 0 Å². The highest BCUT2D eigenvalue weighted by molar-refractivity contribution is 8.00. The summed E-state index contributed by atoms with van der Waals surface area (Å²) in [6.45, 7) is 0.0869. The number of carbonyl (C=O) groups excluding carboxylic acids is 3. The van der Waals surface area contributed by atoms with Crippen molar-refractivity contribution in [3.63, 3.8) is 0 Å². The number of fused-ring (bicyclic) bond motifs is 9. The monoisotopic (exact) mass is 567 g/mol. The number of H-pyrrole nitrogens is 1. The highest BCUT2D eigenvalue weighted by atomic mass is 32.2. The van der Waals surface area contributed by atoms with Crippen LogP contribution in [0.3, 0.4) is 0 Å². The summed E-state index contributed by atoms with van der Waals surface area (Å²) in [5, 5.41) is 5.99. The summed E-state index contributed by atoms with van der Waals surface area (Å²) in [6.07, 6.45) is 0.915. The van der Waals surface area contributed by atoms with E-state index in [2.05, 4.69) is 21.7 Å². The van der Waals surface area contributed by atoms with Gasteiger partial charge < -0.3 is 15.0 Å². The number of methoxy groups -OCH3 is 1. The molecule has 7 rings (SSSR count). The summed E-state index contributed by atoms with van der Waals surface area (Å²) >= 11 is 4.65. The van der Waals surface area contributed by atoms with E-state index in [4.69, 9.17) is 4.74 Å². The number of amides is 3. The number of hydrogen-bond donors (Lipinski definition) is 2. The topological polar surface area (TPSA) is 109 Å². The molecule has 3 amide bonds. The minimum atomic E-state index is -0.335. The molecule has 3 aromatic rings. The molecule has 196 valence electrons. The van der Waals surface area contributed by atoms with Gasteiger partial charge in [-0.05, 0) is 59.9 Å². The SMILES string of the molecule is COc1ccc(NC(=O)CCN2C(=O)C3C4CC(C3C2=O)C2C(c3cccs3)c3sc(=O)[nH]c3SC42)cc1. The number of aromatic nitrogens is 1. The number of nitrogens with one attached hydrogen (secondary N) is 2. The van der Waals surface area contributed by atoms with Gasteiger partial charge in [-0.1, -0.05) is 17.4 Å². The second kappa shape index (κ2) is 9.10. The fourth-order valence-electron chi connectivity index (χ4n) is 7.20. The predicted octanol–water partition coefficient (Wildman–Crippen LogP) is 4.01. The van der Waals surface area contributed by atoms with Crippen LogP contribution in [-0.2, 0) is 14.4 Å². The quantitative estimate of drug-likeness (QED) is 0.436. The van der Waals surface area contributed by atoms with Crippen molar-refractivity contribution in [3.8, 4) is 5.75 Å². The molecule has 7 unspecified atom stereocenters. The Labute approximate surface area is 230 Å². The molecule has 1 aromatic carbocycles. The lowest BCUT2D eigenvalue weighted by molar-refractivity contribution is -0.141. The third-order valence-electron chi connectivity index (χ3n) is 8.60. The summed E-state index contributed by atoms with van der Waals surface area (Å²) in [7, 11) is 1.58. The maximum absolute atomic E-state index is 13.6. The van der Waals surface area contributed by atoms with Gasteiger partial charge in [0.1, 0.15) is 5.75 Å². The zero-order chi connectivity index (χ0) is 26.1. The summed E-state index contributed by atoms with van der Waals surface area (Å²) in [4.78, 5) is 58.7. The number of thiazole rings is 1. The van der Waals surface area contributed by atoms with Gasteiger partial charge >= 0.3 is 4.87 Å². The maximum Gasteiger partial charge on any atom is 0.305 e. The molecule has 2 bridgehead atoms. The Morgan fingerprint density at radius 2 is 1.87 bits per heavy atom. The molecule has 2 N–H and O–H groups in total. The van der Waals surface area contributed by atoms with Crippen molar-refractivity contribution in [2.24, 2.45) is 29.6 Å². The number of thiophene rings is 1. The number of hydrogen-bond acceptors (Lipinski definition) is 8. The molecule has 2 aliphatic heterocycles. The minimum Gasteiger partial charge on any atom is -0.497 e. The highest BCUT2D eigenvalue weighted by Crippen LogP contribution is 2.68. The van der Waals surface area contributed by atoms with Crippen molar-refractivity contribution in [1.29, 1.82) is 0 Å². The number of anilines is 1. The van der Waals surface area contributed by atoms with Gasteiger partial charge in [0.2, 0.25) is 17.7 Å². The van der Waals surface area contributed by atoms with Gasteiger partial charge in [0, 0.05) is 39.6 Å². The fraction of sp³-hybridized carbons (Fsp3) is 0.407. The molecule has 3 fully saturated rings. The first kappa shape index (κ1) is 24.2. The van der Waals surface area contributed by atoms with Gasteiger partial charge in [0.15, 0.2) is 0 Å². The molecule has 2 aliphatic carbocycles. The number of imide groups is 1. The first-order valence-electron chi connectivity index (χ1n) is 12.7. The zero-order valence-corrected chi connectivity index (χ0v) is 22.9. The number of ether oxygens (including phenoxy) is 1.